The van der Waals surface area contributed by atoms with Gasteiger partial charge in [0.25, 0.3) is 0 Å². The summed E-state index contributed by atoms with van der Waals surface area (Å²) in [5.74, 6) is 1.53. The van der Waals surface area contributed by atoms with E-state index >= 15 is 0 Å². The van der Waals surface area contributed by atoms with Crippen molar-refractivity contribution in [3.8, 4) is 10.8 Å². The summed E-state index contributed by atoms with van der Waals surface area (Å²) < 4.78 is 5.67. The lowest BCUT2D eigenvalue weighted by molar-refractivity contribution is -0.118. The van der Waals surface area contributed by atoms with Crippen LogP contribution in [-0.4, -0.2) is 30.0 Å². The van der Waals surface area contributed by atoms with Crippen LogP contribution in [0.1, 0.15) is 30.1 Å². The number of carbonyl (C=O) groups excluding carboxylic acids is 1. The molecular weight excluding hydrogens is 420 g/mol. The Balaban J connectivity index is 1.62. The number of anilines is 2. The van der Waals surface area contributed by atoms with Crippen LogP contribution in [0.3, 0.4) is 0 Å². The number of hydrogen-bond donors (Lipinski definition) is 0. The van der Waals surface area contributed by atoms with E-state index in [0.717, 1.165) is 39.3 Å². The minimum absolute atomic E-state index is 0.0340. The smallest absolute Gasteiger partial charge is 0.233 e. The van der Waals surface area contributed by atoms with Crippen LogP contribution in [-0.2, 0) is 11.2 Å². The topological polar surface area (TPSA) is 62.5 Å². The Morgan fingerprint density at radius 3 is 2.44 bits per heavy atom. The van der Waals surface area contributed by atoms with E-state index in [1.165, 1.54) is 11.3 Å². The molecule has 0 aliphatic heterocycles. The molecule has 0 aliphatic rings. The van der Waals surface area contributed by atoms with Crippen LogP contribution in [0.5, 0.6) is 0 Å². The van der Waals surface area contributed by atoms with Gasteiger partial charge in [-0.1, -0.05) is 6.07 Å². The molecule has 7 heteroatoms. The fraction of sp³-hybridized carbons (Fsp3) is 0.240. The number of thiazole rings is 1. The van der Waals surface area contributed by atoms with Gasteiger partial charge in [-0.2, -0.15) is 0 Å². The van der Waals surface area contributed by atoms with E-state index in [4.69, 9.17) is 4.42 Å². The maximum absolute atomic E-state index is 13.5. The van der Waals surface area contributed by atoms with Crippen molar-refractivity contribution >= 4 is 28.6 Å². The van der Waals surface area contributed by atoms with Gasteiger partial charge in [0, 0.05) is 37.0 Å². The first-order chi connectivity index (χ1) is 15.4. The third-order valence-corrected chi connectivity index (χ3v) is 6.16. The molecule has 0 bridgehead atoms. The Labute approximate surface area is 192 Å². The van der Waals surface area contributed by atoms with Gasteiger partial charge in [0.15, 0.2) is 10.8 Å². The molecule has 1 aromatic carbocycles. The van der Waals surface area contributed by atoms with Gasteiger partial charge in [-0.05, 0) is 62.4 Å². The van der Waals surface area contributed by atoms with Gasteiger partial charge in [-0.15, -0.1) is 11.3 Å². The fourth-order valence-corrected chi connectivity index (χ4v) is 4.32. The summed E-state index contributed by atoms with van der Waals surface area (Å²) >= 11 is 1.48. The van der Waals surface area contributed by atoms with Crippen molar-refractivity contribution in [3.63, 3.8) is 0 Å². The van der Waals surface area contributed by atoms with Crippen LogP contribution in [0.25, 0.3) is 10.8 Å². The van der Waals surface area contributed by atoms with E-state index in [2.05, 4.69) is 9.97 Å². The zero-order valence-corrected chi connectivity index (χ0v) is 19.5. The molecule has 4 rings (SSSR count). The Morgan fingerprint density at radius 1 is 1.06 bits per heavy atom. The van der Waals surface area contributed by atoms with Crippen molar-refractivity contribution in [3.05, 3.63) is 83.3 Å². The maximum atomic E-state index is 13.5. The maximum Gasteiger partial charge on any atom is 0.233 e. The molecule has 0 radical (unpaired) electrons. The molecule has 4 aromatic rings. The molecule has 32 heavy (non-hydrogen) atoms. The number of nitrogens with zero attached hydrogens (tertiary/aromatic N) is 4. The molecule has 3 aromatic heterocycles. The molecule has 1 amide bonds. The number of benzene rings is 1. The summed E-state index contributed by atoms with van der Waals surface area (Å²) in [7, 11) is 3.99. The highest BCUT2D eigenvalue weighted by molar-refractivity contribution is 7.13. The van der Waals surface area contributed by atoms with Gasteiger partial charge >= 0.3 is 0 Å². The van der Waals surface area contributed by atoms with Gasteiger partial charge in [-0.3, -0.25) is 9.78 Å². The standard InChI is InChI=1S/C25H26N4O2S/c1-17-8-13-23(31-17)25-27-19(16-32-25)15-24(30)29(18(2)22-7-5-6-14-26-22)21-11-9-20(10-12-21)28(3)4/h5-14,16,18H,15H2,1-4H3. The first-order valence-corrected chi connectivity index (χ1v) is 11.3. The van der Waals surface area contributed by atoms with Crippen molar-refractivity contribution < 1.29 is 9.21 Å². The predicted octanol–water partition coefficient (Wildman–Crippen LogP) is 5.51. The Morgan fingerprint density at radius 2 is 1.81 bits per heavy atom. The van der Waals surface area contributed by atoms with Gasteiger partial charge in [0.1, 0.15) is 5.76 Å². The molecular formula is C25H26N4O2S. The first-order valence-electron chi connectivity index (χ1n) is 10.4. The molecule has 3 heterocycles. The van der Waals surface area contributed by atoms with Gasteiger partial charge in [0.2, 0.25) is 5.91 Å². The molecule has 6 nitrogen and oxygen atoms in total. The third-order valence-electron chi connectivity index (χ3n) is 5.25. The predicted molar refractivity (Wildman–Crippen MR) is 129 cm³/mol. The lowest BCUT2D eigenvalue weighted by Crippen LogP contribution is -2.35. The van der Waals surface area contributed by atoms with Crippen molar-refractivity contribution in [1.29, 1.82) is 0 Å². The molecule has 1 atom stereocenters. The number of furan rings is 1. The van der Waals surface area contributed by atoms with E-state index < -0.39 is 0 Å². The summed E-state index contributed by atoms with van der Waals surface area (Å²) in [6.45, 7) is 3.90. The number of aromatic nitrogens is 2. The summed E-state index contributed by atoms with van der Waals surface area (Å²) in [4.78, 5) is 26.5. The molecule has 0 N–H and O–H groups in total. The minimum Gasteiger partial charge on any atom is -0.459 e. The van der Waals surface area contributed by atoms with Crippen molar-refractivity contribution in [2.24, 2.45) is 0 Å². The highest BCUT2D eigenvalue weighted by Gasteiger charge is 2.25. The van der Waals surface area contributed by atoms with Gasteiger partial charge in [-0.25, -0.2) is 4.98 Å². The van der Waals surface area contributed by atoms with E-state index in [1.54, 1.807) is 11.1 Å². The Bertz CT molecular complexity index is 1180. The SMILES string of the molecule is Cc1ccc(-c2nc(CC(=O)N(c3ccc(N(C)C)cc3)C(C)c3ccccn3)cs2)o1. The molecule has 0 saturated carbocycles. The molecule has 0 saturated heterocycles. The number of rotatable bonds is 7. The second-order valence-corrected chi connectivity index (χ2v) is 8.69. The lowest BCUT2D eigenvalue weighted by Gasteiger charge is -2.29. The quantitative estimate of drug-likeness (QED) is 0.375. The summed E-state index contributed by atoms with van der Waals surface area (Å²) in [6.07, 6.45) is 1.95. The monoisotopic (exact) mass is 446 g/mol. The zero-order valence-electron chi connectivity index (χ0n) is 18.6. The van der Waals surface area contributed by atoms with Crippen molar-refractivity contribution in [2.45, 2.75) is 26.3 Å². The lowest BCUT2D eigenvalue weighted by atomic mass is 10.1. The fourth-order valence-electron chi connectivity index (χ4n) is 3.54. The highest BCUT2D eigenvalue weighted by Crippen LogP contribution is 2.30. The third kappa shape index (κ3) is 4.73. The van der Waals surface area contributed by atoms with Gasteiger partial charge in [0.05, 0.1) is 23.9 Å². The van der Waals surface area contributed by atoms with E-state index in [-0.39, 0.29) is 18.4 Å². The average molecular weight is 447 g/mol. The highest BCUT2D eigenvalue weighted by atomic mass is 32.1. The number of pyridine rings is 1. The van der Waals surface area contributed by atoms with Crippen molar-refractivity contribution in [2.75, 3.05) is 23.9 Å². The van der Waals surface area contributed by atoms with Crippen LogP contribution in [0.4, 0.5) is 11.4 Å². The average Bonchev–Trinajstić information content (AvgIpc) is 3.43. The van der Waals surface area contributed by atoms with Crippen LogP contribution in [0.15, 0.2) is 70.6 Å². The van der Waals surface area contributed by atoms with Crippen LogP contribution in [0, 0.1) is 6.92 Å². The molecule has 164 valence electrons. The molecule has 0 fully saturated rings. The first kappa shape index (κ1) is 21.8. The minimum atomic E-state index is -0.222. The summed E-state index contributed by atoms with van der Waals surface area (Å²) in [5.41, 5.74) is 3.47. The zero-order chi connectivity index (χ0) is 22.7. The number of aryl methyl sites for hydroxylation is 1. The van der Waals surface area contributed by atoms with E-state index in [9.17, 15) is 4.79 Å². The van der Waals surface area contributed by atoms with Crippen LogP contribution >= 0.6 is 11.3 Å². The van der Waals surface area contributed by atoms with Crippen LogP contribution < -0.4 is 9.80 Å². The number of amides is 1. The number of hydrogen-bond acceptors (Lipinski definition) is 6. The second kappa shape index (κ2) is 9.36. The summed E-state index contributed by atoms with van der Waals surface area (Å²) in [5, 5.41) is 2.70. The van der Waals surface area contributed by atoms with Crippen LogP contribution in [0.2, 0.25) is 0 Å². The number of carbonyl (C=O) groups is 1. The summed E-state index contributed by atoms with van der Waals surface area (Å²) in [6, 6.07) is 17.3. The Hall–Kier alpha value is -3.45. The second-order valence-electron chi connectivity index (χ2n) is 7.84. The van der Waals surface area contributed by atoms with E-state index in [1.807, 2.05) is 92.8 Å². The molecule has 1 unspecified atom stereocenters. The largest absolute Gasteiger partial charge is 0.459 e. The van der Waals surface area contributed by atoms with E-state index in [0.29, 0.717) is 0 Å². The van der Waals surface area contributed by atoms with Crippen molar-refractivity contribution in [1.82, 2.24) is 9.97 Å². The normalized spacial score (nSPS) is 11.9. The Kier molecular flexibility index (Phi) is 6.37. The van der Waals surface area contributed by atoms with Gasteiger partial charge < -0.3 is 14.2 Å². The molecule has 0 aliphatic carbocycles. The molecule has 0 spiro atoms.